The lowest BCUT2D eigenvalue weighted by molar-refractivity contribution is 0.837. The molecule has 0 heterocycles. The minimum atomic E-state index is 0.756. The van der Waals surface area contributed by atoms with Crippen molar-refractivity contribution < 1.29 is 0 Å². The van der Waals surface area contributed by atoms with Gasteiger partial charge in [0, 0.05) is 11.0 Å². The Labute approximate surface area is 90.7 Å². The molecule has 0 aromatic heterocycles. The third-order valence-corrected chi connectivity index (χ3v) is 4.70. The molecule has 0 radical (unpaired) electrons. The molecule has 0 aliphatic rings. The van der Waals surface area contributed by atoms with Crippen molar-refractivity contribution in [2.24, 2.45) is 0 Å². The maximum absolute atomic E-state index is 3.73. The van der Waals surface area contributed by atoms with E-state index in [1.165, 1.54) is 18.6 Å². The molecule has 0 saturated carbocycles. The molecule has 0 rings (SSSR count). The normalized spacial score (nSPS) is 12.4. The second-order valence-corrected chi connectivity index (χ2v) is 5.95. The summed E-state index contributed by atoms with van der Waals surface area (Å²) in [5.41, 5.74) is 0. The van der Waals surface area contributed by atoms with Crippen LogP contribution in [0, 0.1) is 0 Å². The maximum Gasteiger partial charge on any atom is 0.0126 e. The van der Waals surface area contributed by atoms with Crippen LogP contribution >= 0.6 is 21.6 Å². The molecule has 0 saturated heterocycles. The van der Waals surface area contributed by atoms with Crippen LogP contribution in [0.2, 0.25) is 0 Å². The number of hydrogen-bond donors (Lipinski definition) is 0. The van der Waals surface area contributed by atoms with Gasteiger partial charge in [0.05, 0.1) is 0 Å². The fourth-order valence-corrected chi connectivity index (χ4v) is 3.32. The van der Waals surface area contributed by atoms with Crippen LogP contribution in [-0.2, 0) is 0 Å². The lowest BCUT2D eigenvalue weighted by atomic mass is 10.2. The van der Waals surface area contributed by atoms with Crippen LogP contribution in [-0.4, -0.2) is 11.0 Å². The lowest BCUT2D eigenvalue weighted by Gasteiger charge is -2.07. The Morgan fingerprint density at radius 2 is 1.92 bits per heavy atom. The van der Waals surface area contributed by atoms with E-state index in [9.17, 15) is 0 Å². The Kier molecular flexibility index (Phi) is 10.4. The van der Waals surface area contributed by atoms with Gasteiger partial charge in [-0.05, 0) is 25.7 Å². The molecular formula is C11H20S2. The smallest absolute Gasteiger partial charge is 0.0126 e. The van der Waals surface area contributed by atoms with Gasteiger partial charge in [-0.2, -0.15) is 0 Å². The van der Waals surface area contributed by atoms with Gasteiger partial charge in [-0.1, -0.05) is 40.7 Å². The van der Waals surface area contributed by atoms with Gasteiger partial charge in [0.2, 0.25) is 0 Å². The summed E-state index contributed by atoms with van der Waals surface area (Å²) >= 11 is 0. The molecule has 13 heavy (non-hydrogen) atoms. The van der Waals surface area contributed by atoms with E-state index in [0.29, 0.717) is 0 Å². The van der Waals surface area contributed by atoms with Crippen molar-refractivity contribution in [1.82, 2.24) is 0 Å². The molecular weight excluding hydrogens is 196 g/mol. The Balaban J connectivity index is 3.11. The third kappa shape index (κ3) is 10.1. The average Bonchev–Trinajstić information content (AvgIpc) is 2.14. The number of allylic oxidation sites excluding steroid dienone is 2. The predicted molar refractivity (Wildman–Crippen MR) is 68.4 cm³/mol. The van der Waals surface area contributed by atoms with Crippen LogP contribution < -0.4 is 0 Å². The van der Waals surface area contributed by atoms with E-state index < -0.39 is 0 Å². The van der Waals surface area contributed by atoms with Gasteiger partial charge in [-0.25, -0.2) is 0 Å². The molecule has 2 heteroatoms. The lowest BCUT2D eigenvalue weighted by Crippen LogP contribution is -1.92. The van der Waals surface area contributed by atoms with E-state index in [4.69, 9.17) is 0 Å². The Bertz CT molecular complexity index is 132. The summed E-state index contributed by atoms with van der Waals surface area (Å²) in [5.74, 6) is 1.25. The van der Waals surface area contributed by atoms with Gasteiger partial charge in [0.25, 0.3) is 0 Å². The highest BCUT2D eigenvalue weighted by Gasteiger charge is 2.00. The highest BCUT2D eigenvalue weighted by atomic mass is 33.1. The molecule has 0 aromatic carbocycles. The summed E-state index contributed by atoms with van der Waals surface area (Å²) in [6.45, 7) is 9.72. The van der Waals surface area contributed by atoms with Crippen molar-refractivity contribution in [3.05, 3.63) is 25.3 Å². The van der Waals surface area contributed by atoms with Crippen molar-refractivity contribution in [3.8, 4) is 0 Å². The van der Waals surface area contributed by atoms with Crippen molar-refractivity contribution in [2.75, 3.05) is 5.75 Å². The topological polar surface area (TPSA) is 0 Å². The second-order valence-electron chi connectivity index (χ2n) is 3.03. The monoisotopic (exact) mass is 216 g/mol. The molecule has 0 amide bonds. The first-order chi connectivity index (χ1) is 6.31. The molecule has 1 unspecified atom stereocenters. The van der Waals surface area contributed by atoms with Crippen LogP contribution in [0.25, 0.3) is 0 Å². The van der Waals surface area contributed by atoms with Crippen molar-refractivity contribution in [1.29, 1.82) is 0 Å². The summed E-state index contributed by atoms with van der Waals surface area (Å²) in [6, 6.07) is 0. The number of unbranched alkanes of at least 4 members (excludes halogenated alkanes) is 1. The predicted octanol–water partition coefficient (Wildman–Crippen LogP) is 4.69. The fourth-order valence-electron chi connectivity index (χ4n) is 0.852. The van der Waals surface area contributed by atoms with E-state index in [0.717, 1.165) is 18.1 Å². The van der Waals surface area contributed by atoms with Crippen LogP contribution in [0.5, 0.6) is 0 Å². The van der Waals surface area contributed by atoms with Crippen molar-refractivity contribution in [2.45, 2.75) is 37.9 Å². The first kappa shape index (κ1) is 13.2. The molecule has 0 bridgehead atoms. The first-order valence-corrected chi connectivity index (χ1v) is 7.19. The molecule has 0 aromatic rings. The van der Waals surface area contributed by atoms with Gasteiger partial charge in [-0.3, -0.25) is 0 Å². The third-order valence-electron chi connectivity index (χ3n) is 1.65. The molecule has 0 aliphatic carbocycles. The van der Waals surface area contributed by atoms with Gasteiger partial charge < -0.3 is 0 Å². The minimum absolute atomic E-state index is 0.756. The largest absolute Gasteiger partial charge is 0.103 e. The minimum Gasteiger partial charge on any atom is -0.103 e. The van der Waals surface area contributed by atoms with E-state index >= 15 is 0 Å². The Hall–Kier alpha value is 0.180. The summed E-state index contributed by atoms with van der Waals surface area (Å²) in [6.07, 6.45) is 8.79. The molecule has 0 aliphatic heterocycles. The highest BCUT2D eigenvalue weighted by Crippen LogP contribution is 2.29. The number of rotatable bonds is 9. The first-order valence-electron chi connectivity index (χ1n) is 4.81. The average molecular weight is 216 g/mol. The quantitative estimate of drug-likeness (QED) is 0.311. The van der Waals surface area contributed by atoms with E-state index in [-0.39, 0.29) is 0 Å². The molecule has 0 nitrogen and oxygen atoms in total. The van der Waals surface area contributed by atoms with Gasteiger partial charge in [-0.15, -0.1) is 13.2 Å². The SMILES string of the molecule is C=CCCCSSC(C)CCC=C. The summed E-state index contributed by atoms with van der Waals surface area (Å²) in [5, 5.41) is 0.756. The van der Waals surface area contributed by atoms with Crippen LogP contribution in [0.3, 0.4) is 0 Å². The van der Waals surface area contributed by atoms with E-state index in [1.54, 1.807) is 0 Å². The van der Waals surface area contributed by atoms with Gasteiger partial charge >= 0.3 is 0 Å². The molecule has 0 fully saturated rings. The Morgan fingerprint density at radius 1 is 1.23 bits per heavy atom. The van der Waals surface area contributed by atoms with Crippen LogP contribution in [0.4, 0.5) is 0 Å². The maximum atomic E-state index is 3.73. The molecule has 76 valence electrons. The standard InChI is InChI=1S/C11H20S2/c1-4-6-8-10-12-13-11(3)9-7-5-2/h4-5,11H,1-2,6-10H2,3H3. The Morgan fingerprint density at radius 3 is 2.54 bits per heavy atom. The molecule has 0 spiro atoms. The van der Waals surface area contributed by atoms with Gasteiger partial charge in [0.15, 0.2) is 0 Å². The van der Waals surface area contributed by atoms with Crippen LogP contribution in [0.15, 0.2) is 25.3 Å². The summed E-state index contributed by atoms with van der Waals surface area (Å²) in [7, 11) is 3.99. The fraction of sp³-hybridized carbons (Fsp3) is 0.636. The molecule has 0 N–H and O–H groups in total. The van der Waals surface area contributed by atoms with Crippen molar-refractivity contribution >= 4 is 21.6 Å². The van der Waals surface area contributed by atoms with Gasteiger partial charge in [0.1, 0.15) is 0 Å². The molecule has 1 atom stereocenters. The van der Waals surface area contributed by atoms with E-state index in [1.807, 2.05) is 33.7 Å². The van der Waals surface area contributed by atoms with Crippen LogP contribution in [0.1, 0.15) is 32.6 Å². The highest BCUT2D eigenvalue weighted by molar-refractivity contribution is 8.76. The number of hydrogen-bond acceptors (Lipinski definition) is 2. The van der Waals surface area contributed by atoms with Crippen molar-refractivity contribution in [3.63, 3.8) is 0 Å². The summed E-state index contributed by atoms with van der Waals surface area (Å²) in [4.78, 5) is 0. The summed E-state index contributed by atoms with van der Waals surface area (Å²) < 4.78 is 0. The zero-order valence-corrected chi connectivity index (χ0v) is 10.1. The van der Waals surface area contributed by atoms with E-state index in [2.05, 4.69) is 20.1 Å². The zero-order valence-electron chi connectivity index (χ0n) is 8.50. The second kappa shape index (κ2) is 10.3. The zero-order chi connectivity index (χ0) is 9.94.